The number of nitrogens with zero attached hydrogens (tertiary/aromatic N) is 1. The van der Waals surface area contributed by atoms with Gasteiger partial charge in [0.15, 0.2) is 0 Å². The Labute approximate surface area is 113 Å². The Hall–Kier alpha value is -1.84. The highest BCUT2D eigenvalue weighted by atomic mass is 16.5. The van der Waals surface area contributed by atoms with Gasteiger partial charge in [-0.3, -0.25) is 9.59 Å². The molecule has 2 rings (SSSR count). The molecular formula is C15H19NO3. The van der Waals surface area contributed by atoms with Gasteiger partial charge in [0.25, 0.3) is 0 Å². The van der Waals surface area contributed by atoms with Crippen molar-refractivity contribution < 1.29 is 14.3 Å². The first kappa shape index (κ1) is 13.6. The van der Waals surface area contributed by atoms with Gasteiger partial charge >= 0.3 is 5.97 Å². The summed E-state index contributed by atoms with van der Waals surface area (Å²) < 4.78 is 4.77. The molecule has 0 saturated carbocycles. The summed E-state index contributed by atoms with van der Waals surface area (Å²) in [6, 6.07) is 7.99. The minimum absolute atomic E-state index is 0.114. The van der Waals surface area contributed by atoms with E-state index in [2.05, 4.69) is 0 Å². The van der Waals surface area contributed by atoms with Crippen molar-refractivity contribution in [3.05, 3.63) is 35.4 Å². The summed E-state index contributed by atoms with van der Waals surface area (Å²) in [5.74, 6) is -0.294. The molecule has 0 N–H and O–H groups in total. The molecule has 1 aromatic carbocycles. The van der Waals surface area contributed by atoms with Crippen LogP contribution in [0, 0.1) is 12.8 Å². The molecule has 4 heteroatoms. The van der Waals surface area contributed by atoms with Crippen LogP contribution < -0.4 is 0 Å². The number of hydrogen-bond donors (Lipinski definition) is 0. The molecule has 19 heavy (non-hydrogen) atoms. The van der Waals surface area contributed by atoms with E-state index in [-0.39, 0.29) is 17.8 Å². The van der Waals surface area contributed by atoms with Gasteiger partial charge < -0.3 is 9.64 Å². The van der Waals surface area contributed by atoms with Crippen molar-refractivity contribution in [1.82, 2.24) is 4.90 Å². The van der Waals surface area contributed by atoms with E-state index >= 15 is 0 Å². The van der Waals surface area contributed by atoms with E-state index in [1.54, 1.807) is 4.90 Å². The van der Waals surface area contributed by atoms with E-state index in [0.717, 1.165) is 11.1 Å². The molecule has 1 fully saturated rings. The number of methoxy groups -OCH3 is 1. The quantitative estimate of drug-likeness (QED) is 0.781. The number of esters is 1. The van der Waals surface area contributed by atoms with Crippen molar-refractivity contribution in [3.63, 3.8) is 0 Å². The number of piperidine rings is 1. The monoisotopic (exact) mass is 261 g/mol. The van der Waals surface area contributed by atoms with Gasteiger partial charge in [-0.25, -0.2) is 0 Å². The molecule has 1 aliphatic rings. The molecule has 4 nitrogen and oxygen atoms in total. The molecule has 0 aromatic heterocycles. The maximum absolute atomic E-state index is 11.9. The van der Waals surface area contributed by atoms with Gasteiger partial charge in [-0.1, -0.05) is 24.3 Å². The molecule has 1 heterocycles. The molecule has 1 aliphatic heterocycles. The zero-order chi connectivity index (χ0) is 13.8. The van der Waals surface area contributed by atoms with Crippen molar-refractivity contribution in [2.75, 3.05) is 13.7 Å². The number of benzene rings is 1. The second-order valence-corrected chi connectivity index (χ2v) is 4.96. The van der Waals surface area contributed by atoms with Crippen molar-refractivity contribution >= 4 is 11.9 Å². The number of rotatable bonds is 3. The molecule has 1 aromatic rings. The Kier molecular flexibility index (Phi) is 4.20. The number of likely N-dealkylation sites (tertiary alicyclic amines) is 1. The maximum atomic E-state index is 11.9. The summed E-state index contributed by atoms with van der Waals surface area (Å²) in [6.07, 6.45) is 1.02. The Balaban J connectivity index is 2.08. The fraction of sp³-hybridized carbons (Fsp3) is 0.467. The van der Waals surface area contributed by atoms with Crippen LogP contribution in [-0.2, 0) is 20.9 Å². The zero-order valence-electron chi connectivity index (χ0n) is 11.4. The fourth-order valence-electron chi connectivity index (χ4n) is 2.42. The van der Waals surface area contributed by atoms with Gasteiger partial charge in [0, 0.05) is 19.5 Å². The SMILES string of the molecule is COC(=O)C1CCC(=O)N(Cc2ccccc2C)C1. The van der Waals surface area contributed by atoms with Gasteiger partial charge in [-0.05, 0) is 24.5 Å². The number of amides is 1. The predicted octanol–water partition coefficient (Wildman–Crippen LogP) is 1.91. The Morgan fingerprint density at radius 2 is 2.16 bits per heavy atom. The first-order chi connectivity index (χ1) is 9.11. The van der Waals surface area contributed by atoms with Crippen LogP contribution >= 0.6 is 0 Å². The first-order valence-electron chi connectivity index (χ1n) is 6.52. The van der Waals surface area contributed by atoms with E-state index in [1.165, 1.54) is 7.11 Å². The second-order valence-electron chi connectivity index (χ2n) is 4.96. The van der Waals surface area contributed by atoms with Crippen LogP contribution in [0.2, 0.25) is 0 Å². The number of aryl methyl sites for hydroxylation is 1. The minimum Gasteiger partial charge on any atom is -0.469 e. The van der Waals surface area contributed by atoms with Crippen LogP contribution in [-0.4, -0.2) is 30.4 Å². The largest absolute Gasteiger partial charge is 0.469 e. The third-order valence-electron chi connectivity index (χ3n) is 3.66. The highest BCUT2D eigenvalue weighted by Gasteiger charge is 2.30. The molecule has 1 unspecified atom stereocenters. The average Bonchev–Trinajstić information content (AvgIpc) is 2.42. The van der Waals surface area contributed by atoms with Crippen LogP contribution in [0.5, 0.6) is 0 Å². The summed E-state index contributed by atoms with van der Waals surface area (Å²) in [7, 11) is 1.39. The van der Waals surface area contributed by atoms with Crippen LogP contribution in [0.3, 0.4) is 0 Å². The molecule has 0 radical (unpaired) electrons. The second kappa shape index (κ2) is 5.87. The zero-order valence-corrected chi connectivity index (χ0v) is 11.4. The first-order valence-corrected chi connectivity index (χ1v) is 6.52. The topological polar surface area (TPSA) is 46.6 Å². The van der Waals surface area contributed by atoms with Crippen molar-refractivity contribution in [1.29, 1.82) is 0 Å². The van der Waals surface area contributed by atoms with Crippen molar-refractivity contribution in [2.24, 2.45) is 5.92 Å². The van der Waals surface area contributed by atoms with Gasteiger partial charge in [0.1, 0.15) is 0 Å². The van der Waals surface area contributed by atoms with Crippen molar-refractivity contribution in [2.45, 2.75) is 26.3 Å². The summed E-state index contributed by atoms with van der Waals surface area (Å²) in [5, 5.41) is 0. The van der Waals surface area contributed by atoms with E-state index in [1.807, 2.05) is 31.2 Å². The lowest BCUT2D eigenvalue weighted by atomic mass is 9.96. The highest BCUT2D eigenvalue weighted by molar-refractivity contribution is 5.81. The Bertz CT molecular complexity index is 484. The lowest BCUT2D eigenvalue weighted by Gasteiger charge is -2.31. The Morgan fingerprint density at radius 1 is 1.42 bits per heavy atom. The molecule has 1 amide bonds. The molecule has 0 spiro atoms. The molecule has 0 aliphatic carbocycles. The van der Waals surface area contributed by atoms with Crippen LogP contribution in [0.1, 0.15) is 24.0 Å². The number of carbonyl (C=O) groups is 2. The van der Waals surface area contributed by atoms with Gasteiger partial charge in [0.05, 0.1) is 13.0 Å². The normalized spacial score (nSPS) is 19.4. The van der Waals surface area contributed by atoms with E-state index in [0.29, 0.717) is 25.9 Å². The maximum Gasteiger partial charge on any atom is 0.310 e. The third kappa shape index (κ3) is 3.13. The van der Waals surface area contributed by atoms with E-state index < -0.39 is 0 Å². The summed E-state index contributed by atoms with van der Waals surface area (Å²) in [5.41, 5.74) is 2.29. The summed E-state index contributed by atoms with van der Waals surface area (Å²) >= 11 is 0. The molecular weight excluding hydrogens is 242 g/mol. The van der Waals surface area contributed by atoms with Crippen LogP contribution in [0.15, 0.2) is 24.3 Å². The Morgan fingerprint density at radius 3 is 2.84 bits per heavy atom. The van der Waals surface area contributed by atoms with Gasteiger partial charge in [0.2, 0.25) is 5.91 Å². The minimum atomic E-state index is -0.220. The van der Waals surface area contributed by atoms with Crippen LogP contribution in [0.25, 0.3) is 0 Å². The van der Waals surface area contributed by atoms with Crippen molar-refractivity contribution in [3.8, 4) is 0 Å². The van der Waals surface area contributed by atoms with Gasteiger partial charge in [-0.2, -0.15) is 0 Å². The summed E-state index contributed by atoms with van der Waals surface area (Å²) in [6.45, 7) is 3.06. The highest BCUT2D eigenvalue weighted by Crippen LogP contribution is 2.21. The standard InChI is InChI=1S/C15H19NO3/c1-11-5-3-4-6-12(11)9-16-10-13(15(18)19-2)7-8-14(16)17/h3-6,13H,7-10H2,1-2H3. The summed E-state index contributed by atoms with van der Waals surface area (Å²) in [4.78, 5) is 25.3. The predicted molar refractivity (Wildman–Crippen MR) is 71.3 cm³/mol. The molecule has 1 atom stereocenters. The van der Waals surface area contributed by atoms with Gasteiger partial charge in [-0.15, -0.1) is 0 Å². The molecule has 0 bridgehead atoms. The van der Waals surface area contributed by atoms with E-state index in [4.69, 9.17) is 4.74 Å². The number of hydrogen-bond acceptors (Lipinski definition) is 3. The number of ether oxygens (including phenoxy) is 1. The average molecular weight is 261 g/mol. The lowest BCUT2D eigenvalue weighted by molar-refractivity contribution is -0.150. The number of carbonyl (C=O) groups excluding carboxylic acids is 2. The third-order valence-corrected chi connectivity index (χ3v) is 3.66. The fourth-order valence-corrected chi connectivity index (χ4v) is 2.42. The van der Waals surface area contributed by atoms with E-state index in [9.17, 15) is 9.59 Å². The lowest BCUT2D eigenvalue weighted by Crippen LogP contribution is -2.42. The smallest absolute Gasteiger partial charge is 0.310 e. The van der Waals surface area contributed by atoms with Crippen LogP contribution in [0.4, 0.5) is 0 Å². The molecule has 1 saturated heterocycles. The molecule has 102 valence electrons.